The fourth-order valence-electron chi connectivity index (χ4n) is 3.17. The van der Waals surface area contributed by atoms with Gasteiger partial charge in [0.05, 0.1) is 27.4 Å². The molecule has 0 fully saturated rings. The zero-order chi connectivity index (χ0) is 16.7. The van der Waals surface area contributed by atoms with Gasteiger partial charge in [0.15, 0.2) is 17.3 Å². The van der Waals surface area contributed by atoms with Crippen molar-refractivity contribution < 1.29 is 28.9 Å². The average Bonchev–Trinajstić information content (AvgIpc) is 2.84. The Bertz CT molecular complexity index is 724. The van der Waals surface area contributed by atoms with Crippen LogP contribution in [0.25, 0.3) is 0 Å². The molecule has 1 amide bonds. The summed E-state index contributed by atoms with van der Waals surface area (Å²) in [6, 6.07) is 2.90. The standard InChI is InChI=1S/C16H17NO6/c1-21-10-6-8-4-5-17-13(9(8)7-11(10)22-2)12(16(20)23-3)14(18)15(17)19/h6-7,13,18H,4-5H2,1-3H3/t13-/m1/s1. The highest BCUT2D eigenvalue weighted by atomic mass is 16.5. The molecule has 0 spiro atoms. The molecular weight excluding hydrogens is 302 g/mol. The van der Waals surface area contributed by atoms with Crippen LogP contribution in [0.2, 0.25) is 0 Å². The van der Waals surface area contributed by atoms with Gasteiger partial charge in [-0.2, -0.15) is 0 Å². The number of rotatable bonds is 3. The number of methoxy groups -OCH3 is 3. The number of benzene rings is 1. The monoisotopic (exact) mass is 319 g/mol. The van der Waals surface area contributed by atoms with Gasteiger partial charge in [-0.3, -0.25) is 4.79 Å². The fraction of sp³-hybridized carbons (Fsp3) is 0.375. The summed E-state index contributed by atoms with van der Waals surface area (Å²) < 4.78 is 15.3. The lowest BCUT2D eigenvalue weighted by Gasteiger charge is -2.33. The molecule has 0 radical (unpaired) electrons. The number of hydrogen-bond donors (Lipinski definition) is 1. The van der Waals surface area contributed by atoms with Gasteiger partial charge in [0, 0.05) is 6.54 Å². The second-order valence-electron chi connectivity index (χ2n) is 5.31. The van der Waals surface area contributed by atoms with Gasteiger partial charge in [-0.25, -0.2) is 4.79 Å². The van der Waals surface area contributed by atoms with Crippen molar-refractivity contribution >= 4 is 11.9 Å². The lowest BCUT2D eigenvalue weighted by atomic mass is 9.89. The zero-order valence-corrected chi connectivity index (χ0v) is 13.1. The first-order valence-electron chi connectivity index (χ1n) is 7.10. The SMILES string of the molecule is COC(=O)C1=C(O)C(=O)N2CCc3cc(OC)c(OC)cc3[C@H]12. The minimum atomic E-state index is -0.717. The molecule has 1 N–H and O–H groups in total. The van der Waals surface area contributed by atoms with E-state index in [1.807, 2.05) is 6.07 Å². The molecule has 0 bridgehead atoms. The molecule has 0 aromatic heterocycles. The summed E-state index contributed by atoms with van der Waals surface area (Å²) in [5.41, 5.74) is 1.63. The summed E-state index contributed by atoms with van der Waals surface area (Å²) in [7, 11) is 4.28. The Morgan fingerprint density at radius 2 is 1.87 bits per heavy atom. The van der Waals surface area contributed by atoms with E-state index in [2.05, 4.69) is 0 Å². The Balaban J connectivity index is 2.18. The third-order valence-electron chi connectivity index (χ3n) is 4.27. The summed E-state index contributed by atoms with van der Waals surface area (Å²) in [6.07, 6.45) is 0.597. The van der Waals surface area contributed by atoms with Crippen LogP contribution in [-0.2, 0) is 20.7 Å². The molecule has 1 atom stereocenters. The number of carbonyl (C=O) groups is 2. The highest BCUT2D eigenvalue weighted by Crippen LogP contribution is 2.45. The van der Waals surface area contributed by atoms with Crippen molar-refractivity contribution in [1.82, 2.24) is 4.90 Å². The number of esters is 1. The van der Waals surface area contributed by atoms with E-state index in [0.29, 0.717) is 24.5 Å². The van der Waals surface area contributed by atoms with Crippen LogP contribution in [-0.4, -0.2) is 49.8 Å². The van der Waals surface area contributed by atoms with Crippen LogP contribution in [0.3, 0.4) is 0 Å². The minimum absolute atomic E-state index is 0.0364. The number of aliphatic hydroxyl groups excluding tert-OH is 1. The van der Waals surface area contributed by atoms with Crippen LogP contribution in [0.5, 0.6) is 11.5 Å². The fourth-order valence-corrected chi connectivity index (χ4v) is 3.17. The number of hydrogen-bond acceptors (Lipinski definition) is 6. The van der Waals surface area contributed by atoms with Gasteiger partial charge in [0.2, 0.25) is 0 Å². The smallest absolute Gasteiger partial charge is 0.340 e. The molecule has 2 heterocycles. The minimum Gasteiger partial charge on any atom is -0.503 e. The molecule has 7 heteroatoms. The van der Waals surface area contributed by atoms with E-state index >= 15 is 0 Å². The molecule has 7 nitrogen and oxygen atoms in total. The van der Waals surface area contributed by atoms with Crippen LogP contribution in [0.1, 0.15) is 17.2 Å². The topological polar surface area (TPSA) is 85.3 Å². The van der Waals surface area contributed by atoms with Crippen LogP contribution in [0.15, 0.2) is 23.5 Å². The van der Waals surface area contributed by atoms with Crippen molar-refractivity contribution in [2.45, 2.75) is 12.5 Å². The van der Waals surface area contributed by atoms with Gasteiger partial charge >= 0.3 is 5.97 Å². The summed E-state index contributed by atoms with van der Waals surface area (Å²) in [5, 5.41) is 10.1. The van der Waals surface area contributed by atoms with Crippen LogP contribution < -0.4 is 9.47 Å². The number of nitrogens with zero attached hydrogens (tertiary/aromatic N) is 1. The lowest BCUT2D eigenvalue weighted by molar-refractivity contribution is -0.136. The van der Waals surface area contributed by atoms with E-state index in [0.717, 1.165) is 11.1 Å². The van der Waals surface area contributed by atoms with E-state index in [4.69, 9.17) is 14.2 Å². The summed E-state index contributed by atoms with van der Waals surface area (Å²) in [6.45, 7) is 0.399. The molecule has 2 aliphatic heterocycles. The normalized spacial score (nSPS) is 19.3. The van der Waals surface area contributed by atoms with Crippen molar-refractivity contribution in [1.29, 1.82) is 0 Å². The average molecular weight is 319 g/mol. The van der Waals surface area contributed by atoms with E-state index in [1.54, 1.807) is 13.2 Å². The molecule has 23 heavy (non-hydrogen) atoms. The predicted molar refractivity (Wildman–Crippen MR) is 79.4 cm³/mol. The number of carbonyl (C=O) groups excluding carboxylic acids is 2. The number of ether oxygens (including phenoxy) is 3. The predicted octanol–water partition coefficient (Wildman–Crippen LogP) is 1.13. The molecule has 0 aliphatic carbocycles. The molecule has 3 rings (SSSR count). The van der Waals surface area contributed by atoms with Crippen LogP contribution in [0, 0.1) is 0 Å². The molecule has 1 aromatic carbocycles. The third-order valence-corrected chi connectivity index (χ3v) is 4.27. The molecular formula is C16H17NO6. The van der Waals surface area contributed by atoms with Crippen molar-refractivity contribution in [2.75, 3.05) is 27.9 Å². The Hall–Kier alpha value is -2.70. The van der Waals surface area contributed by atoms with Crippen molar-refractivity contribution in [3.05, 3.63) is 34.6 Å². The van der Waals surface area contributed by atoms with Gasteiger partial charge in [-0.15, -0.1) is 0 Å². The Morgan fingerprint density at radius 1 is 1.22 bits per heavy atom. The molecule has 0 unspecified atom stereocenters. The molecule has 2 aliphatic rings. The largest absolute Gasteiger partial charge is 0.503 e. The first-order valence-corrected chi connectivity index (χ1v) is 7.10. The molecule has 1 aromatic rings. The number of amides is 1. The number of fused-ring (bicyclic) bond motifs is 3. The molecule has 122 valence electrons. The molecule has 0 saturated carbocycles. The second kappa shape index (κ2) is 5.49. The maximum atomic E-state index is 12.2. The van der Waals surface area contributed by atoms with Gasteiger partial charge in [0.1, 0.15) is 5.57 Å². The Labute approximate surface area is 133 Å². The second-order valence-corrected chi connectivity index (χ2v) is 5.31. The van der Waals surface area contributed by atoms with E-state index in [9.17, 15) is 14.7 Å². The Morgan fingerprint density at radius 3 is 2.48 bits per heavy atom. The van der Waals surface area contributed by atoms with Crippen LogP contribution >= 0.6 is 0 Å². The van der Waals surface area contributed by atoms with Crippen molar-refractivity contribution in [3.63, 3.8) is 0 Å². The third kappa shape index (κ3) is 2.11. The zero-order valence-electron chi connectivity index (χ0n) is 13.1. The van der Waals surface area contributed by atoms with E-state index < -0.39 is 23.7 Å². The first kappa shape index (κ1) is 15.2. The maximum Gasteiger partial charge on any atom is 0.340 e. The highest BCUT2D eigenvalue weighted by Gasteiger charge is 2.46. The summed E-state index contributed by atoms with van der Waals surface area (Å²) in [5.74, 6) is -0.751. The summed E-state index contributed by atoms with van der Waals surface area (Å²) >= 11 is 0. The van der Waals surface area contributed by atoms with Crippen molar-refractivity contribution in [2.24, 2.45) is 0 Å². The summed E-state index contributed by atoms with van der Waals surface area (Å²) in [4.78, 5) is 25.7. The Kier molecular flexibility index (Phi) is 3.63. The quantitative estimate of drug-likeness (QED) is 0.841. The van der Waals surface area contributed by atoms with Gasteiger partial charge in [-0.05, 0) is 29.7 Å². The van der Waals surface area contributed by atoms with Crippen molar-refractivity contribution in [3.8, 4) is 11.5 Å². The van der Waals surface area contributed by atoms with Gasteiger partial charge in [-0.1, -0.05) is 0 Å². The van der Waals surface area contributed by atoms with Gasteiger partial charge in [0.25, 0.3) is 5.91 Å². The van der Waals surface area contributed by atoms with Gasteiger partial charge < -0.3 is 24.2 Å². The van der Waals surface area contributed by atoms with Crippen LogP contribution in [0.4, 0.5) is 0 Å². The first-order chi connectivity index (χ1) is 11.0. The molecule has 0 saturated heterocycles. The lowest BCUT2D eigenvalue weighted by Crippen LogP contribution is -2.37. The number of aliphatic hydroxyl groups is 1. The van der Waals surface area contributed by atoms with E-state index in [-0.39, 0.29) is 5.57 Å². The van der Waals surface area contributed by atoms with E-state index in [1.165, 1.54) is 19.1 Å². The highest BCUT2D eigenvalue weighted by molar-refractivity contribution is 6.06. The maximum absolute atomic E-state index is 12.2.